The first-order chi connectivity index (χ1) is 29.0. The van der Waals surface area contributed by atoms with Gasteiger partial charge in [-0.3, -0.25) is 13.8 Å². The third-order valence-corrected chi connectivity index (χ3v) is 13.3. The van der Waals surface area contributed by atoms with Gasteiger partial charge in [0.05, 0.1) is 39.9 Å². The fraction of sp³-hybridized carbons (Fsp3) is 0.980. The van der Waals surface area contributed by atoms with Gasteiger partial charge >= 0.3 is 7.82 Å². The zero-order valence-electron chi connectivity index (χ0n) is 41.0. The Kier molecular flexibility index (Phi) is 43.4. The molecule has 0 aliphatic rings. The molecule has 8 nitrogen and oxygen atoms in total. The fourth-order valence-electron chi connectivity index (χ4n) is 8.17. The van der Waals surface area contributed by atoms with Crippen LogP contribution in [-0.2, 0) is 18.4 Å². The van der Waals surface area contributed by atoms with E-state index in [0.29, 0.717) is 23.9 Å². The number of likely N-dealkylation sites (N-methyl/N-ethyl adjacent to an activating group) is 1. The van der Waals surface area contributed by atoms with Crippen LogP contribution in [0.5, 0.6) is 0 Å². The predicted octanol–water partition coefficient (Wildman–Crippen LogP) is 15.3. The molecule has 3 unspecified atom stereocenters. The minimum atomic E-state index is -4.31. The molecule has 0 radical (unpaired) electrons. The predicted molar refractivity (Wildman–Crippen MR) is 259 cm³/mol. The van der Waals surface area contributed by atoms with E-state index in [1.165, 1.54) is 205 Å². The van der Waals surface area contributed by atoms with Crippen LogP contribution in [0, 0.1) is 0 Å². The molecular formula is C51H106N2O6P+. The van der Waals surface area contributed by atoms with Crippen LogP contribution in [0.1, 0.15) is 271 Å². The second kappa shape index (κ2) is 43.7. The number of nitrogens with zero attached hydrogens (tertiary/aromatic N) is 1. The normalized spacial score (nSPS) is 14.1. The molecule has 3 atom stereocenters. The van der Waals surface area contributed by atoms with Crippen molar-refractivity contribution in [2.75, 3.05) is 40.9 Å². The summed E-state index contributed by atoms with van der Waals surface area (Å²) in [6.45, 7) is 4.92. The van der Waals surface area contributed by atoms with Crippen LogP contribution in [0.15, 0.2) is 0 Å². The molecule has 360 valence electrons. The Bertz CT molecular complexity index is 947. The van der Waals surface area contributed by atoms with E-state index >= 15 is 0 Å². The molecule has 0 aromatic heterocycles. The van der Waals surface area contributed by atoms with E-state index in [9.17, 15) is 19.4 Å². The lowest BCUT2D eigenvalue weighted by Gasteiger charge is -2.26. The Balaban J connectivity index is 4.06. The zero-order valence-corrected chi connectivity index (χ0v) is 41.9. The maximum absolute atomic E-state index is 12.9. The highest BCUT2D eigenvalue weighted by molar-refractivity contribution is 7.47. The van der Waals surface area contributed by atoms with Crippen molar-refractivity contribution in [3.8, 4) is 0 Å². The summed E-state index contributed by atoms with van der Waals surface area (Å²) in [4.78, 5) is 23.2. The molecule has 0 saturated carbocycles. The Labute approximate surface area is 374 Å². The topological polar surface area (TPSA) is 105 Å². The van der Waals surface area contributed by atoms with Crippen LogP contribution in [-0.4, -0.2) is 73.4 Å². The third-order valence-electron chi connectivity index (χ3n) is 12.4. The van der Waals surface area contributed by atoms with Gasteiger partial charge in [0.1, 0.15) is 13.2 Å². The summed E-state index contributed by atoms with van der Waals surface area (Å²) in [7, 11) is 1.63. The minimum Gasteiger partial charge on any atom is -0.391 e. The smallest absolute Gasteiger partial charge is 0.391 e. The summed E-state index contributed by atoms with van der Waals surface area (Å²) in [5.41, 5.74) is 0. The van der Waals surface area contributed by atoms with Gasteiger partial charge in [-0.1, -0.05) is 251 Å². The molecule has 0 aromatic rings. The lowest BCUT2D eigenvalue weighted by Crippen LogP contribution is -2.46. The number of rotatable bonds is 49. The fourth-order valence-corrected chi connectivity index (χ4v) is 8.90. The number of hydrogen-bond donors (Lipinski definition) is 3. The van der Waals surface area contributed by atoms with Gasteiger partial charge in [-0.05, 0) is 12.8 Å². The number of carbonyl (C=O) groups is 1. The van der Waals surface area contributed by atoms with Crippen molar-refractivity contribution in [2.24, 2.45) is 0 Å². The summed E-state index contributed by atoms with van der Waals surface area (Å²) in [5.74, 6) is -0.139. The Hall–Kier alpha value is -0.500. The molecule has 0 aliphatic heterocycles. The highest BCUT2D eigenvalue weighted by Crippen LogP contribution is 2.43. The molecule has 0 spiro atoms. The molecule has 0 bridgehead atoms. The molecular weight excluding hydrogens is 768 g/mol. The number of hydrogen-bond acceptors (Lipinski definition) is 5. The molecule has 60 heavy (non-hydrogen) atoms. The van der Waals surface area contributed by atoms with Crippen molar-refractivity contribution >= 4 is 13.7 Å². The van der Waals surface area contributed by atoms with Crippen molar-refractivity contribution < 1.29 is 32.9 Å². The average molecular weight is 874 g/mol. The van der Waals surface area contributed by atoms with E-state index in [-0.39, 0.29) is 19.1 Å². The van der Waals surface area contributed by atoms with Gasteiger partial charge in [0.15, 0.2) is 0 Å². The summed E-state index contributed by atoms with van der Waals surface area (Å²) in [6, 6.07) is -0.753. The number of phosphoric ester groups is 1. The third kappa shape index (κ3) is 45.5. The molecule has 0 heterocycles. The SMILES string of the molecule is CCCCCCCCCCCCCCCCCCCCCCCCCCCCC(=O)NC(COP(=O)(O)OCC[N+](C)(C)C)C(O)CCCCCCCCCCCCCC. The van der Waals surface area contributed by atoms with Gasteiger partial charge < -0.3 is 19.8 Å². The summed E-state index contributed by atoms with van der Waals surface area (Å²) >= 11 is 0. The van der Waals surface area contributed by atoms with Gasteiger partial charge in [-0.15, -0.1) is 0 Å². The van der Waals surface area contributed by atoms with E-state index < -0.39 is 20.0 Å². The van der Waals surface area contributed by atoms with E-state index in [0.717, 1.165) is 38.5 Å². The summed E-state index contributed by atoms with van der Waals surface area (Å²) in [5, 5.41) is 14.0. The van der Waals surface area contributed by atoms with Crippen LogP contribution in [0.4, 0.5) is 0 Å². The lowest BCUT2D eigenvalue weighted by molar-refractivity contribution is -0.870. The molecule has 1 amide bonds. The van der Waals surface area contributed by atoms with E-state index in [4.69, 9.17) is 9.05 Å². The van der Waals surface area contributed by atoms with Crippen LogP contribution in [0.2, 0.25) is 0 Å². The number of nitrogens with one attached hydrogen (secondary N) is 1. The second-order valence-corrected chi connectivity index (χ2v) is 21.1. The zero-order chi connectivity index (χ0) is 44.3. The van der Waals surface area contributed by atoms with Crippen LogP contribution in [0.25, 0.3) is 0 Å². The van der Waals surface area contributed by atoms with Gasteiger partial charge in [0, 0.05) is 6.42 Å². The van der Waals surface area contributed by atoms with Crippen molar-refractivity contribution in [1.82, 2.24) is 5.32 Å². The minimum absolute atomic E-state index is 0.0787. The van der Waals surface area contributed by atoms with Gasteiger partial charge in [-0.2, -0.15) is 0 Å². The molecule has 0 saturated heterocycles. The largest absolute Gasteiger partial charge is 0.472 e. The Morgan fingerprint density at radius 1 is 0.500 bits per heavy atom. The maximum Gasteiger partial charge on any atom is 0.472 e. The molecule has 3 N–H and O–H groups in total. The molecule has 9 heteroatoms. The number of aliphatic hydroxyl groups is 1. The standard InChI is InChI=1S/C51H105N2O6P/c1-6-8-10-12-14-16-18-20-21-22-23-24-25-26-27-28-29-30-31-32-33-35-37-39-41-43-45-51(55)52-49(48-59-60(56,57)58-47-46-53(3,4)5)50(54)44-42-40-38-36-34-19-17-15-13-11-9-7-2/h49-50,54H,6-48H2,1-5H3,(H-,52,55,56,57)/p+1. The second-order valence-electron chi connectivity index (χ2n) is 19.6. The van der Waals surface area contributed by atoms with Gasteiger partial charge in [-0.25, -0.2) is 4.57 Å². The van der Waals surface area contributed by atoms with Crippen molar-refractivity contribution in [1.29, 1.82) is 0 Å². The van der Waals surface area contributed by atoms with E-state index in [1.807, 2.05) is 21.1 Å². The monoisotopic (exact) mass is 874 g/mol. The number of phosphoric acid groups is 1. The van der Waals surface area contributed by atoms with Gasteiger partial charge in [0.25, 0.3) is 0 Å². The summed E-state index contributed by atoms with van der Waals surface area (Å²) < 4.78 is 23.7. The number of carbonyl (C=O) groups excluding carboxylic acids is 1. The highest BCUT2D eigenvalue weighted by atomic mass is 31.2. The first-order valence-electron chi connectivity index (χ1n) is 26.4. The number of quaternary nitrogens is 1. The van der Waals surface area contributed by atoms with Crippen LogP contribution >= 0.6 is 7.82 Å². The van der Waals surface area contributed by atoms with E-state index in [2.05, 4.69) is 19.2 Å². The number of aliphatic hydroxyl groups excluding tert-OH is 1. The molecule has 0 fully saturated rings. The summed E-state index contributed by atoms with van der Waals surface area (Å²) in [6.07, 6.45) is 50.1. The quantitative estimate of drug-likeness (QED) is 0.0319. The Morgan fingerprint density at radius 2 is 0.800 bits per heavy atom. The van der Waals surface area contributed by atoms with Crippen LogP contribution in [0.3, 0.4) is 0 Å². The number of amides is 1. The van der Waals surface area contributed by atoms with Crippen molar-refractivity contribution in [3.63, 3.8) is 0 Å². The van der Waals surface area contributed by atoms with Crippen molar-refractivity contribution in [3.05, 3.63) is 0 Å². The molecule has 0 rings (SSSR count). The maximum atomic E-state index is 12.9. The van der Waals surface area contributed by atoms with Crippen molar-refractivity contribution in [2.45, 2.75) is 283 Å². The average Bonchev–Trinajstić information content (AvgIpc) is 3.20. The number of unbranched alkanes of at least 4 members (excludes halogenated alkanes) is 36. The molecule has 0 aliphatic carbocycles. The first-order valence-corrected chi connectivity index (χ1v) is 27.9. The molecule has 0 aromatic carbocycles. The van der Waals surface area contributed by atoms with Crippen LogP contribution < -0.4 is 5.32 Å². The van der Waals surface area contributed by atoms with Gasteiger partial charge in [0.2, 0.25) is 5.91 Å². The lowest BCUT2D eigenvalue weighted by atomic mass is 10.0. The first kappa shape index (κ1) is 59.5. The van der Waals surface area contributed by atoms with E-state index in [1.54, 1.807) is 0 Å². The highest BCUT2D eigenvalue weighted by Gasteiger charge is 2.28. The Morgan fingerprint density at radius 3 is 1.12 bits per heavy atom.